The average Bonchev–Trinajstić information content (AvgIpc) is 3.24. The molecule has 2 heterocycles. The van der Waals surface area contributed by atoms with Crippen LogP contribution in [0.4, 0.5) is 0 Å². The third kappa shape index (κ3) is 3.15. The van der Waals surface area contributed by atoms with Gasteiger partial charge >= 0.3 is 0 Å². The Morgan fingerprint density at radius 1 is 1.12 bits per heavy atom. The summed E-state index contributed by atoms with van der Waals surface area (Å²) in [5, 5.41) is 10.1. The molecule has 0 aliphatic carbocycles. The fourth-order valence-electron chi connectivity index (χ4n) is 2.72. The van der Waals surface area contributed by atoms with Gasteiger partial charge in [0.15, 0.2) is 16.7 Å². The van der Waals surface area contributed by atoms with E-state index in [9.17, 15) is 4.79 Å². The lowest BCUT2D eigenvalue weighted by molar-refractivity contribution is 0.0994. The van der Waals surface area contributed by atoms with E-state index in [1.165, 1.54) is 17.3 Å². The Kier molecular flexibility index (Phi) is 4.34. The Labute approximate surface area is 155 Å². The lowest BCUT2D eigenvalue weighted by atomic mass is 10.1. The highest BCUT2D eigenvalue weighted by Gasteiger charge is 2.16. The molecule has 0 saturated heterocycles. The first kappa shape index (κ1) is 16.6. The van der Waals surface area contributed by atoms with Crippen LogP contribution in [0.25, 0.3) is 22.4 Å². The van der Waals surface area contributed by atoms with E-state index in [1.54, 1.807) is 6.07 Å². The number of fused-ring (bicyclic) bond motifs is 1. The summed E-state index contributed by atoms with van der Waals surface area (Å²) in [6.07, 6.45) is 0. The van der Waals surface area contributed by atoms with Crippen LogP contribution in [0.3, 0.4) is 0 Å². The average molecular weight is 363 g/mol. The van der Waals surface area contributed by atoms with Crippen molar-refractivity contribution in [2.45, 2.75) is 12.1 Å². The number of Topliss-reactive ketones (excluding diaryl/α,β-unsaturated/α-hetero) is 1. The SMILES string of the molecule is Cc1ccc(-c2nnc(SCC(=O)c3cc4ccccc4o3)n2C)cc1. The maximum absolute atomic E-state index is 12.4. The van der Waals surface area contributed by atoms with E-state index in [1.807, 2.05) is 67.1 Å². The number of carbonyl (C=O) groups is 1. The van der Waals surface area contributed by atoms with Crippen LogP contribution < -0.4 is 0 Å². The molecule has 0 saturated carbocycles. The molecule has 0 N–H and O–H groups in total. The molecule has 0 atom stereocenters. The van der Waals surface area contributed by atoms with Crippen molar-refractivity contribution in [2.24, 2.45) is 7.05 Å². The fourth-order valence-corrected chi connectivity index (χ4v) is 3.50. The van der Waals surface area contributed by atoms with Crippen molar-refractivity contribution in [1.82, 2.24) is 14.8 Å². The number of benzene rings is 2. The third-order valence-corrected chi connectivity index (χ3v) is 5.20. The first-order valence-electron chi connectivity index (χ1n) is 8.23. The van der Waals surface area contributed by atoms with E-state index >= 15 is 0 Å². The van der Waals surface area contributed by atoms with E-state index in [2.05, 4.69) is 10.2 Å². The van der Waals surface area contributed by atoms with E-state index in [0.717, 1.165) is 22.4 Å². The molecule has 5 nitrogen and oxygen atoms in total. The molecule has 130 valence electrons. The number of aryl methyl sites for hydroxylation is 1. The minimum absolute atomic E-state index is 0.0638. The maximum atomic E-state index is 12.4. The number of ketones is 1. The molecule has 0 aliphatic heterocycles. The molecule has 0 unspecified atom stereocenters. The van der Waals surface area contributed by atoms with Gasteiger partial charge in [-0.1, -0.05) is 59.8 Å². The number of thioether (sulfide) groups is 1. The minimum atomic E-state index is -0.0638. The van der Waals surface area contributed by atoms with Gasteiger partial charge in [0.05, 0.1) is 5.75 Å². The van der Waals surface area contributed by atoms with Crippen LogP contribution >= 0.6 is 11.8 Å². The van der Waals surface area contributed by atoms with Crippen LogP contribution in [0.15, 0.2) is 64.2 Å². The Bertz CT molecular complexity index is 1050. The lowest BCUT2D eigenvalue weighted by Gasteiger charge is -2.03. The number of furan rings is 1. The van der Waals surface area contributed by atoms with E-state index in [-0.39, 0.29) is 11.5 Å². The lowest BCUT2D eigenvalue weighted by Crippen LogP contribution is -2.02. The highest BCUT2D eigenvalue weighted by atomic mass is 32.2. The molecule has 0 fully saturated rings. The number of carbonyl (C=O) groups excluding carboxylic acids is 1. The van der Waals surface area contributed by atoms with Gasteiger partial charge in [0.2, 0.25) is 5.78 Å². The molecule has 0 bridgehead atoms. The molecule has 0 amide bonds. The van der Waals surface area contributed by atoms with E-state index in [0.29, 0.717) is 10.9 Å². The number of para-hydroxylation sites is 1. The normalized spacial score (nSPS) is 11.2. The number of hydrogen-bond acceptors (Lipinski definition) is 5. The topological polar surface area (TPSA) is 60.9 Å². The first-order valence-corrected chi connectivity index (χ1v) is 9.21. The monoisotopic (exact) mass is 363 g/mol. The van der Waals surface area contributed by atoms with E-state index < -0.39 is 0 Å². The molecule has 2 aromatic heterocycles. The molecular weight excluding hydrogens is 346 g/mol. The van der Waals surface area contributed by atoms with Gasteiger partial charge in [0.1, 0.15) is 5.58 Å². The van der Waals surface area contributed by atoms with Crippen LogP contribution in [0.5, 0.6) is 0 Å². The molecule has 4 rings (SSSR count). The molecule has 0 aliphatic rings. The zero-order valence-corrected chi connectivity index (χ0v) is 15.3. The standard InChI is InChI=1S/C20H17N3O2S/c1-13-7-9-14(10-8-13)19-21-22-20(23(19)2)26-12-16(24)18-11-15-5-3-4-6-17(15)25-18/h3-11H,12H2,1-2H3. The largest absolute Gasteiger partial charge is 0.453 e. The van der Waals surface area contributed by atoms with Gasteiger partial charge in [-0.05, 0) is 19.1 Å². The molecular formula is C20H17N3O2S. The van der Waals surface area contributed by atoms with Gasteiger partial charge in [-0.25, -0.2) is 0 Å². The fraction of sp³-hybridized carbons (Fsp3) is 0.150. The second kappa shape index (κ2) is 6.80. The zero-order valence-electron chi connectivity index (χ0n) is 14.5. The highest BCUT2D eigenvalue weighted by molar-refractivity contribution is 7.99. The Morgan fingerprint density at radius 2 is 1.88 bits per heavy atom. The zero-order chi connectivity index (χ0) is 18.1. The molecule has 0 spiro atoms. The summed E-state index contributed by atoms with van der Waals surface area (Å²) in [6.45, 7) is 2.05. The van der Waals surface area contributed by atoms with Crippen LogP contribution in [0, 0.1) is 6.92 Å². The van der Waals surface area contributed by atoms with Gasteiger partial charge in [0, 0.05) is 18.0 Å². The van der Waals surface area contributed by atoms with Gasteiger partial charge in [0.25, 0.3) is 0 Å². The summed E-state index contributed by atoms with van der Waals surface area (Å²) in [6, 6.07) is 17.5. The number of hydrogen-bond donors (Lipinski definition) is 0. The molecule has 0 radical (unpaired) electrons. The second-order valence-corrected chi connectivity index (χ2v) is 7.03. The smallest absolute Gasteiger partial charge is 0.208 e. The van der Waals surface area contributed by atoms with Crippen LogP contribution in [-0.4, -0.2) is 26.3 Å². The van der Waals surface area contributed by atoms with Crippen molar-refractivity contribution in [3.05, 3.63) is 65.9 Å². The third-order valence-electron chi connectivity index (χ3n) is 4.18. The maximum Gasteiger partial charge on any atom is 0.208 e. The van der Waals surface area contributed by atoms with Crippen LogP contribution in [0.1, 0.15) is 16.1 Å². The molecule has 26 heavy (non-hydrogen) atoms. The molecule has 2 aromatic carbocycles. The van der Waals surface area contributed by atoms with Crippen molar-refractivity contribution in [3.63, 3.8) is 0 Å². The van der Waals surface area contributed by atoms with Gasteiger partial charge in [-0.3, -0.25) is 4.79 Å². The summed E-state index contributed by atoms with van der Waals surface area (Å²) in [4.78, 5) is 12.4. The highest BCUT2D eigenvalue weighted by Crippen LogP contribution is 2.25. The first-order chi connectivity index (χ1) is 12.6. The molecule has 4 aromatic rings. The summed E-state index contributed by atoms with van der Waals surface area (Å²) in [5.74, 6) is 1.34. The van der Waals surface area contributed by atoms with Gasteiger partial charge in [-0.2, -0.15) is 0 Å². The van der Waals surface area contributed by atoms with E-state index in [4.69, 9.17) is 4.42 Å². The Morgan fingerprint density at radius 3 is 2.65 bits per heavy atom. The summed E-state index contributed by atoms with van der Waals surface area (Å²) in [7, 11) is 1.91. The van der Waals surface area contributed by atoms with Crippen molar-refractivity contribution >= 4 is 28.5 Å². The summed E-state index contributed by atoms with van der Waals surface area (Å²) in [5.41, 5.74) is 2.92. The minimum Gasteiger partial charge on any atom is -0.453 e. The molecule has 6 heteroatoms. The second-order valence-electron chi connectivity index (χ2n) is 6.09. The van der Waals surface area contributed by atoms with Crippen molar-refractivity contribution in [1.29, 1.82) is 0 Å². The predicted molar refractivity (Wildman–Crippen MR) is 102 cm³/mol. The Hall–Kier alpha value is -2.86. The summed E-state index contributed by atoms with van der Waals surface area (Å²) >= 11 is 1.36. The van der Waals surface area contributed by atoms with Crippen LogP contribution in [0.2, 0.25) is 0 Å². The van der Waals surface area contributed by atoms with Crippen LogP contribution in [-0.2, 0) is 7.05 Å². The number of aromatic nitrogens is 3. The van der Waals surface area contributed by atoms with Crippen molar-refractivity contribution < 1.29 is 9.21 Å². The van der Waals surface area contributed by atoms with Gasteiger partial charge in [-0.15, -0.1) is 10.2 Å². The van der Waals surface area contributed by atoms with Gasteiger partial charge < -0.3 is 8.98 Å². The summed E-state index contributed by atoms with van der Waals surface area (Å²) < 4.78 is 7.53. The van der Waals surface area contributed by atoms with Crippen molar-refractivity contribution in [2.75, 3.05) is 5.75 Å². The van der Waals surface area contributed by atoms with Crippen molar-refractivity contribution in [3.8, 4) is 11.4 Å². The number of nitrogens with zero attached hydrogens (tertiary/aromatic N) is 3. The quantitative estimate of drug-likeness (QED) is 0.386. The Balaban J connectivity index is 1.49. The predicted octanol–water partition coefficient (Wildman–Crippen LogP) is 4.51. The number of rotatable bonds is 5.